The van der Waals surface area contributed by atoms with E-state index in [1.165, 1.54) is 0 Å². The molecule has 1 aromatic carbocycles. The molecule has 0 saturated carbocycles. The Bertz CT molecular complexity index is 609. The Labute approximate surface area is 118 Å². The summed E-state index contributed by atoms with van der Waals surface area (Å²) in [6.45, 7) is 1.86. The molecule has 8 heteroatoms. The van der Waals surface area contributed by atoms with Crippen LogP contribution in [0.25, 0.3) is 0 Å². The summed E-state index contributed by atoms with van der Waals surface area (Å²) in [6, 6.07) is 9.34. The number of alkyl halides is 3. The molecule has 0 aliphatic heterocycles. The normalized spacial score (nSPS) is 13.0. The first-order chi connectivity index (χ1) is 9.86. The average Bonchev–Trinajstić information content (AvgIpc) is 2.88. The second-order valence-electron chi connectivity index (χ2n) is 4.57. The fourth-order valence-electron chi connectivity index (χ4n) is 1.80. The monoisotopic (exact) mass is 298 g/mol. The standard InChI is InChI=1S/C13H13F3N4O/c1-8(9-5-3-2-4-6-9)7-10(21)17-12-18-11(19-20-12)13(14,15)16/h2-6,8H,7H2,1H3,(H2,17,18,19,20,21). The highest BCUT2D eigenvalue weighted by Gasteiger charge is 2.35. The number of carbonyl (C=O) groups excluding carboxylic acids is 1. The lowest BCUT2D eigenvalue weighted by molar-refractivity contribution is -0.144. The molecule has 0 radical (unpaired) electrons. The molecule has 0 fully saturated rings. The molecule has 0 spiro atoms. The summed E-state index contributed by atoms with van der Waals surface area (Å²) >= 11 is 0. The molecule has 2 N–H and O–H groups in total. The van der Waals surface area contributed by atoms with Crippen LogP contribution in [0.4, 0.5) is 19.1 Å². The third-order valence-corrected chi connectivity index (χ3v) is 2.87. The number of aromatic amines is 1. The highest BCUT2D eigenvalue weighted by Crippen LogP contribution is 2.26. The summed E-state index contributed by atoms with van der Waals surface area (Å²) in [4.78, 5) is 14.9. The van der Waals surface area contributed by atoms with Crippen LogP contribution in [0.5, 0.6) is 0 Å². The van der Waals surface area contributed by atoms with Gasteiger partial charge in [0, 0.05) is 6.42 Å². The average molecular weight is 298 g/mol. The van der Waals surface area contributed by atoms with Crippen LogP contribution >= 0.6 is 0 Å². The molecule has 0 aliphatic carbocycles. The summed E-state index contributed by atoms with van der Waals surface area (Å²) in [5.41, 5.74) is 0.971. The van der Waals surface area contributed by atoms with Crippen LogP contribution in [0.1, 0.15) is 30.7 Å². The zero-order chi connectivity index (χ0) is 15.5. The van der Waals surface area contributed by atoms with Crippen molar-refractivity contribution in [2.45, 2.75) is 25.4 Å². The fourth-order valence-corrected chi connectivity index (χ4v) is 1.80. The van der Waals surface area contributed by atoms with Gasteiger partial charge in [0.1, 0.15) is 0 Å². The summed E-state index contributed by atoms with van der Waals surface area (Å²) < 4.78 is 37.0. The van der Waals surface area contributed by atoms with Gasteiger partial charge in [0.2, 0.25) is 17.7 Å². The number of carbonyl (C=O) groups is 1. The molecule has 112 valence electrons. The van der Waals surface area contributed by atoms with Gasteiger partial charge in [-0.25, -0.2) is 0 Å². The molecule has 1 heterocycles. The van der Waals surface area contributed by atoms with Crippen LogP contribution in [0, 0.1) is 0 Å². The number of halogens is 3. The maximum atomic E-state index is 12.3. The Balaban J connectivity index is 1.94. The number of nitrogens with one attached hydrogen (secondary N) is 2. The third-order valence-electron chi connectivity index (χ3n) is 2.87. The summed E-state index contributed by atoms with van der Waals surface area (Å²) in [5.74, 6) is -2.13. The first kappa shape index (κ1) is 15.0. The predicted octanol–water partition coefficient (Wildman–Crippen LogP) is 2.96. The van der Waals surface area contributed by atoms with Crippen LogP contribution in [0.3, 0.4) is 0 Å². The molecule has 21 heavy (non-hydrogen) atoms. The molecule has 2 aromatic rings. The zero-order valence-corrected chi connectivity index (χ0v) is 11.1. The van der Waals surface area contributed by atoms with Crippen molar-refractivity contribution in [1.82, 2.24) is 15.2 Å². The maximum absolute atomic E-state index is 12.3. The van der Waals surface area contributed by atoms with E-state index >= 15 is 0 Å². The van der Waals surface area contributed by atoms with Crippen molar-refractivity contribution in [3.8, 4) is 0 Å². The van der Waals surface area contributed by atoms with E-state index in [-0.39, 0.29) is 18.3 Å². The van der Waals surface area contributed by atoms with Crippen LogP contribution in [-0.4, -0.2) is 21.1 Å². The molecule has 0 bridgehead atoms. The smallest absolute Gasteiger partial charge is 0.293 e. The Morgan fingerprint density at radius 2 is 2.00 bits per heavy atom. The zero-order valence-electron chi connectivity index (χ0n) is 11.1. The maximum Gasteiger partial charge on any atom is 0.451 e. The van der Waals surface area contributed by atoms with Crippen LogP contribution in [0.15, 0.2) is 30.3 Å². The minimum atomic E-state index is -4.62. The Morgan fingerprint density at radius 1 is 1.33 bits per heavy atom. The number of nitrogens with zero attached hydrogens (tertiary/aromatic N) is 2. The van der Waals surface area contributed by atoms with Gasteiger partial charge in [-0.1, -0.05) is 37.3 Å². The first-order valence-electron chi connectivity index (χ1n) is 6.20. The second-order valence-corrected chi connectivity index (χ2v) is 4.57. The molecular formula is C13H13F3N4O. The Kier molecular flexibility index (Phi) is 4.25. The third kappa shape index (κ3) is 4.04. The van der Waals surface area contributed by atoms with Crippen molar-refractivity contribution in [3.05, 3.63) is 41.7 Å². The largest absolute Gasteiger partial charge is 0.451 e. The van der Waals surface area contributed by atoms with Gasteiger partial charge in [0.15, 0.2) is 0 Å². The lowest BCUT2D eigenvalue weighted by atomic mass is 9.98. The van der Waals surface area contributed by atoms with Crippen molar-refractivity contribution in [2.75, 3.05) is 5.32 Å². The van der Waals surface area contributed by atoms with Crippen molar-refractivity contribution >= 4 is 11.9 Å². The van der Waals surface area contributed by atoms with Gasteiger partial charge in [0.25, 0.3) is 0 Å². The lowest BCUT2D eigenvalue weighted by Gasteiger charge is -2.10. The van der Waals surface area contributed by atoms with Crippen molar-refractivity contribution in [1.29, 1.82) is 0 Å². The van der Waals surface area contributed by atoms with E-state index in [0.29, 0.717) is 0 Å². The molecule has 1 unspecified atom stereocenters. The van der Waals surface area contributed by atoms with Gasteiger partial charge in [-0.05, 0) is 11.5 Å². The molecule has 0 aliphatic rings. The number of hydrogen-bond acceptors (Lipinski definition) is 3. The lowest BCUT2D eigenvalue weighted by Crippen LogP contribution is -2.15. The topological polar surface area (TPSA) is 70.7 Å². The quantitative estimate of drug-likeness (QED) is 0.911. The van der Waals surface area contributed by atoms with Crippen LogP contribution in [-0.2, 0) is 11.0 Å². The number of aromatic nitrogens is 3. The van der Waals surface area contributed by atoms with E-state index < -0.39 is 17.9 Å². The molecule has 1 aromatic heterocycles. The highest BCUT2D eigenvalue weighted by atomic mass is 19.4. The number of amides is 1. The Hall–Kier alpha value is -2.38. The van der Waals surface area contributed by atoms with Crippen LogP contribution < -0.4 is 5.32 Å². The second kappa shape index (κ2) is 5.94. The van der Waals surface area contributed by atoms with Gasteiger partial charge in [-0.3, -0.25) is 15.2 Å². The van der Waals surface area contributed by atoms with Crippen LogP contribution in [0.2, 0.25) is 0 Å². The Morgan fingerprint density at radius 3 is 2.57 bits per heavy atom. The van der Waals surface area contributed by atoms with Gasteiger partial charge in [-0.2, -0.15) is 18.2 Å². The summed E-state index contributed by atoms with van der Waals surface area (Å²) in [6.07, 6.45) is -4.49. The number of H-pyrrole nitrogens is 1. The predicted molar refractivity (Wildman–Crippen MR) is 69.5 cm³/mol. The van der Waals surface area contributed by atoms with Gasteiger partial charge in [0.05, 0.1) is 0 Å². The molecule has 1 amide bonds. The fraction of sp³-hybridized carbons (Fsp3) is 0.308. The van der Waals surface area contributed by atoms with Crippen molar-refractivity contribution < 1.29 is 18.0 Å². The van der Waals surface area contributed by atoms with E-state index in [9.17, 15) is 18.0 Å². The molecule has 0 saturated heterocycles. The number of benzene rings is 1. The van der Waals surface area contributed by atoms with Gasteiger partial charge in [-0.15, -0.1) is 5.10 Å². The van der Waals surface area contributed by atoms with E-state index in [0.717, 1.165) is 5.56 Å². The molecular weight excluding hydrogens is 285 g/mol. The van der Waals surface area contributed by atoms with Gasteiger partial charge < -0.3 is 0 Å². The molecule has 5 nitrogen and oxygen atoms in total. The van der Waals surface area contributed by atoms with Crippen molar-refractivity contribution in [2.24, 2.45) is 0 Å². The van der Waals surface area contributed by atoms with Crippen molar-refractivity contribution in [3.63, 3.8) is 0 Å². The number of anilines is 1. The van der Waals surface area contributed by atoms with E-state index in [4.69, 9.17) is 0 Å². The molecule has 1 atom stereocenters. The first-order valence-corrected chi connectivity index (χ1v) is 6.20. The van der Waals surface area contributed by atoms with Gasteiger partial charge >= 0.3 is 6.18 Å². The molecule has 2 rings (SSSR count). The minimum absolute atomic E-state index is 0.0628. The number of rotatable bonds is 4. The summed E-state index contributed by atoms with van der Waals surface area (Å²) in [7, 11) is 0. The van der Waals surface area contributed by atoms with E-state index in [1.807, 2.05) is 37.3 Å². The summed E-state index contributed by atoms with van der Waals surface area (Å²) in [5, 5.41) is 7.29. The highest BCUT2D eigenvalue weighted by molar-refractivity contribution is 5.89. The van der Waals surface area contributed by atoms with E-state index in [1.54, 1.807) is 5.10 Å². The SMILES string of the molecule is CC(CC(=O)Nc1n[nH]c(C(F)(F)F)n1)c1ccccc1. The number of hydrogen-bond donors (Lipinski definition) is 2. The van der Waals surface area contributed by atoms with E-state index in [2.05, 4.69) is 15.4 Å². The minimum Gasteiger partial charge on any atom is -0.293 e.